The Kier molecular flexibility index (Phi) is 5.70. The van der Waals surface area contributed by atoms with E-state index in [-0.39, 0.29) is 24.0 Å². The van der Waals surface area contributed by atoms with E-state index in [9.17, 15) is 18.0 Å². The highest BCUT2D eigenvalue weighted by Gasteiger charge is 2.33. The SMILES string of the molecule is CNC(=O)C1CN(Cc2ccc(OCc3ccccc3C(F)(F)F)cc2)C1. The van der Waals surface area contributed by atoms with Gasteiger partial charge in [-0.25, -0.2) is 0 Å². The van der Waals surface area contributed by atoms with Crippen molar-refractivity contribution in [1.29, 1.82) is 0 Å². The van der Waals surface area contributed by atoms with Gasteiger partial charge in [0.1, 0.15) is 12.4 Å². The number of likely N-dealkylation sites (tertiary alicyclic amines) is 1. The molecule has 0 atom stereocenters. The summed E-state index contributed by atoms with van der Waals surface area (Å²) in [6.07, 6.45) is -4.40. The van der Waals surface area contributed by atoms with Crippen molar-refractivity contribution < 1.29 is 22.7 Å². The number of halogens is 3. The highest BCUT2D eigenvalue weighted by atomic mass is 19.4. The van der Waals surface area contributed by atoms with Gasteiger partial charge in [-0.15, -0.1) is 0 Å². The molecule has 1 fully saturated rings. The van der Waals surface area contributed by atoms with Gasteiger partial charge in [0.2, 0.25) is 5.91 Å². The summed E-state index contributed by atoms with van der Waals surface area (Å²) in [4.78, 5) is 13.6. The third-order valence-corrected chi connectivity index (χ3v) is 4.62. The van der Waals surface area contributed by atoms with E-state index >= 15 is 0 Å². The molecule has 2 aromatic rings. The van der Waals surface area contributed by atoms with Gasteiger partial charge >= 0.3 is 6.18 Å². The highest BCUT2D eigenvalue weighted by molar-refractivity contribution is 5.79. The van der Waals surface area contributed by atoms with Crippen LogP contribution in [0.4, 0.5) is 13.2 Å². The molecule has 0 unspecified atom stereocenters. The largest absolute Gasteiger partial charge is 0.489 e. The number of carbonyl (C=O) groups excluding carboxylic acids is 1. The predicted octanol–water partition coefficient (Wildman–Crippen LogP) is 3.46. The van der Waals surface area contributed by atoms with Crippen molar-refractivity contribution in [2.45, 2.75) is 19.3 Å². The highest BCUT2D eigenvalue weighted by Crippen LogP contribution is 2.32. The predicted molar refractivity (Wildman–Crippen MR) is 95.1 cm³/mol. The van der Waals surface area contributed by atoms with Gasteiger partial charge in [0.15, 0.2) is 0 Å². The van der Waals surface area contributed by atoms with E-state index < -0.39 is 11.7 Å². The lowest BCUT2D eigenvalue weighted by Crippen LogP contribution is -2.52. The van der Waals surface area contributed by atoms with Crippen LogP contribution in [0.5, 0.6) is 5.75 Å². The lowest BCUT2D eigenvalue weighted by atomic mass is 9.98. The molecule has 0 bridgehead atoms. The zero-order valence-electron chi connectivity index (χ0n) is 14.9. The standard InChI is InChI=1S/C20H21F3N2O2/c1-24-19(26)16-11-25(12-16)10-14-6-8-17(9-7-14)27-13-15-4-2-3-5-18(15)20(21,22)23/h2-9,16H,10-13H2,1H3,(H,24,26). The van der Waals surface area contributed by atoms with Gasteiger partial charge < -0.3 is 10.1 Å². The molecule has 1 aliphatic rings. The minimum atomic E-state index is -4.40. The van der Waals surface area contributed by atoms with Crippen molar-refractivity contribution in [3.8, 4) is 5.75 Å². The number of amides is 1. The summed E-state index contributed by atoms with van der Waals surface area (Å²) in [5, 5.41) is 2.65. The van der Waals surface area contributed by atoms with E-state index in [0.717, 1.165) is 31.3 Å². The fourth-order valence-corrected chi connectivity index (χ4v) is 3.10. The molecule has 0 aliphatic carbocycles. The summed E-state index contributed by atoms with van der Waals surface area (Å²) in [6.45, 7) is 2.04. The molecule has 0 aromatic heterocycles. The van der Waals surface area contributed by atoms with Crippen molar-refractivity contribution in [3.05, 3.63) is 65.2 Å². The first kappa shape index (κ1) is 19.2. The zero-order valence-corrected chi connectivity index (χ0v) is 14.9. The topological polar surface area (TPSA) is 41.6 Å². The van der Waals surface area contributed by atoms with Gasteiger partial charge in [0.05, 0.1) is 11.5 Å². The molecule has 0 radical (unpaired) electrons. The lowest BCUT2D eigenvalue weighted by Gasteiger charge is -2.38. The quantitative estimate of drug-likeness (QED) is 0.837. The molecule has 7 heteroatoms. The Bertz CT molecular complexity index is 785. The molecule has 144 valence electrons. The molecule has 4 nitrogen and oxygen atoms in total. The lowest BCUT2D eigenvalue weighted by molar-refractivity contribution is -0.138. The van der Waals surface area contributed by atoms with Gasteiger partial charge in [0.25, 0.3) is 0 Å². The average molecular weight is 378 g/mol. The van der Waals surface area contributed by atoms with Crippen molar-refractivity contribution >= 4 is 5.91 Å². The second-order valence-corrected chi connectivity index (χ2v) is 6.59. The Balaban J connectivity index is 1.53. The Morgan fingerprint density at radius 3 is 2.44 bits per heavy atom. The summed E-state index contributed by atoms with van der Waals surface area (Å²) in [7, 11) is 1.64. The molecule has 27 heavy (non-hydrogen) atoms. The fraction of sp³-hybridized carbons (Fsp3) is 0.350. The first-order chi connectivity index (χ1) is 12.9. The van der Waals surface area contributed by atoms with Crippen LogP contribution >= 0.6 is 0 Å². The van der Waals surface area contributed by atoms with Crippen LogP contribution in [0.15, 0.2) is 48.5 Å². The number of alkyl halides is 3. The van der Waals surface area contributed by atoms with Crippen LogP contribution in [0.1, 0.15) is 16.7 Å². The molecule has 1 aliphatic heterocycles. The smallest absolute Gasteiger partial charge is 0.416 e. The van der Waals surface area contributed by atoms with Gasteiger partial charge in [-0.1, -0.05) is 30.3 Å². The minimum absolute atomic E-state index is 0.0475. The number of nitrogens with one attached hydrogen (secondary N) is 1. The van der Waals surface area contributed by atoms with Gasteiger partial charge in [-0.2, -0.15) is 13.2 Å². The second-order valence-electron chi connectivity index (χ2n) is 6.59. The molecule has 2 aromatic carbocycles. The van der Waals surface area contributed by atoms with Crippen LogP contribution < -0.4 is 10.1 Å². The summed E-state index contributed by atoms with van der Waals surface area (Å²) < 4.78 is 44.5. The van der Waals surface area contributed by atoms with Crippen LogP contribution in [-0.2, 0) is 24.1 Å². The van der Waals surface area contributed by atoms with Crippen molar-refractivity contribution in [1.82, 2.24) is 10.2 Å². The first-order valence-electron chi connectivity index (χ1n) is 8.67. The number of ether oxygens (including phenoxy) is 1. The second kappa shape index (κ2) is 8.00. The molecule has 1 heterocycles. The Morgan fingerprint density at radius 1 is 1.15 bits per heavy atom. The van der Waals surface area contributed by atoms with E-state index in [0.29, 0.717) is 5.75 Å². The maximum absolute atomic E-state index is 13.0. The summed E-state index contributed by atoms with van der Waals surface area (Å²) in [5.74, 6) is 0.628. The van der Waals surface area contributed by atoms with Crippen molar-refractivity contribution in [2.24, 2.45) is 5.92 Å². The molecule has 1 saturated heterocycles. The monoisotopic (exact) mass is 378 g/mol. The number of nitrogens with zero attached hydrogens (tertiary/aromatic N) is 1. The maximum atomic E-state index is 13.0. The Morgan fingerprint density at radius 2 is 1.81 bits per heavy atom. The van der Waals surface area contributed by atoms with Gasteiger partial charge in [-0.05, 0) is 23.8 Å². The van der Waals surface area contributed by atoms with E-state index in [4.69, 9.17) is 4.74 Å². The molecule has 1 N–H and O–H groups in total. The van der Waals surface area contributed by atoms with E-state index in [1.165, 1.54) is 12.1 Å². The van der Waals surface area contributed by atoms with Crippen LogP contribution in [0.3, 0.4) is 0 Å². The van der Waals surface area contributed by atoms with Crippen molar-refractivity contribution in [2.75, 3.05) is 20.1 Å². The van der Waals surface area contributed by atoms with Crippen LogP contribution in [0.25, 0.3) is 0 Å². The van der Waals surface area contributed by atoms with Crippen molar-refractivity contribution in [3.63, 3.8) is 0 Å². The number of rotatable bonds is 6. The number of carbonyl (C=O) groups is 1. The third-order valence-electron chi connectivity index (χ3n) is 4.62. The van der Waals surface area contributed by atoms with E-state index in [1.807, 2.05) is 12.1 Å². The van der Waals surface area contributed by atoms with Crippen LogP contribution in [-0.4, -0.2) is 30.9 Å². The van der Waals surface area contributed by atoms with E-state index in [1.54, 1.807) is 25.2 Å². The van der Waals surface area contributed by atoms with Gasteiger partial charge in [0, 0.05) is 32.2 Å². The number of benzene rings is 2. The minimum Gasteiger partial charge on any atom is -0.489 e. The first-order valence-corrected chi connectivity index (χ1v) is 8.67. The Hall–Kier alpha value is -2.54. The molecular formula is C20H21F3N2O2. The van der Waals surface area contributed by atoms with Crippen LogP contribution in [0, 0.1) is 5.92 Å². The average Bonchev–Trinajstić information content (AvgIpc) is 2.62. The summed E-state index contributed by atoms with van der Waals surface area (Å²) in [6, 6.07) is 12.7. The zero-order chi connectivity index (χ0) is 19.4. The normalized spacial score (nSPS) is 15.3. The Labute approximate surface area is 155 Å². The number of hydrogen-bond donors (Lipinski definition) is 1. The summed E-state index contributed by atoms with van der Waals surface area (Å²) >= 11 is 0. The molecule has 0 spiro atoms. The molecule has 0 saturated carbocycles. The van der Waals surface area contributed by atoms with Gasteiger partial charge in [-0.3, -0.25) is 9.69 Å². The number of hydrogen-bond acceptors (Lipinski definition) is 3. The maximum Gasteiger partial charge on any atom is 0.416 e. The molecular weight excluding hydrogens is 357 g/mol. The third kappa shape index (κ3) is 4.80. The summed E-state index contributed by atoms with van der Waals surface area (Å²) in [5.41, 5.74) is 0.494. The fourth-order valence-electron chi connectivity index (χ4n) is 3.10. The van der Waals surface area contributed by atoms with Crippen LogP contribution in [0.2, 0.25) is 0 Å². The molecule has 1 amide bonds. The van der Waals surface area contributed by atoms with E-state index in [2.05, 4.69) is 10.2 Å². The molecule has 3 rings (SSSR count).